The second kappa shape index (κ2) is 2.40. The summed E-state index contributed by atoms with van der Waals surface area (Å²) in [6, 6.07) is 0. The lowest BCUT2D eigenvalue weighted by molar-refractivity contribution is -0.107. The van der Waals surface area contributed by atoms with E-state index >= 15 is 0 Å². The Morgan fingerprint density at radius 1 is 1.88 bits per heavy atom. The van der Waals surface area contributed by atoms with Gasteiger partial charge in [0.05, 0.1) is 0 Å². The van der Waals surface area contributed by atoms with Crippen molar-refractivity contribution in [3.05, 3.63) is 11.8 Å². The summed E-state index contributed by atoms with van der Waals surface area (Å²) >= 11 is 0. The van der Waals surface area contributed by atoms with Crippen LogP contribution in [0.15, 0.2) is 16.8 Å². The fraction of sp³-hybridized carbons (Fsp3) is 0.333. The topological polar surface area (TPSA) is 29.4 Å². The molecular weight excluding hydrogens is 102 g/mol. The van der Waals surface area contributed by atoms with Gasteiger partial charge in [0.25, 0.3) is 0 Å². The Morgan fingerprint density at radius 3 is 3.25 bits per heavy atom. The van der Waals surface area contributed by atoms with E-state index in [4.69, 9.17) is 0 Å². The average Bonchev–Trinajstić information content (AvgIpc) is 2.19. The summed E-state index contributed by atoms with van der Waals surface area (Å²) in [6.45, 7) is 0. The first-order valence-corrected chi connectivity index (χ1v) is 2.56. The van der Waals surface area contributed by atoms with Crippen LogP contribution in [0.1, 0.15) is 12.8 Å². The lowest BCUT2D eigenvalue weighted by atomic mass is 10.2. The van der Waals surface area contributed by atoms with E-state index in [0.29, 0.717) is 6.42 Å². The van der Waals surface area contributed by atoms with Crippen molar-refractivity contribution in [2.24, 2.45) is 4.99 Å². The van der Waals surface area contributed by atoms with Gasteiger partial charge in [0.2, 0.25) is 0 Å². The van der Waals surface area contributed by atoms with Crippen LogP contribution < -0.4 is 0 Å². The number of carbonyl (C=O) groups excluding carboxylic acids is 1. The maximum atomic E-state index is 9.86. The molecule has 2 heteroatoms. The molecule has 0 bridgehead atoms. The molecular formula is C6H7NO. The van der Waals surface area contributed by atoms with E-state index in [2.05, 4.69) is 4.99 Å². The molecule has 0 atom stereocenters. The second-order valence-electron chi connectivity index (χ2n) is 1.69. The minimum Gasteiger partial charge on any atom is -0.303 e. The molecule has 0 unspecified atom stereocenters. The Bertz CT molecular complexity index is 147. The number of aliphatic imine (C=N–C) groups is 1. The van der Waals surface area contributed by atoms with Gasteiger partial charge in [-0.1, -0.05) is 0 Å². The van der Waals surface area contributed by atoms with Gasteiger partial charge in [-0.25, -0.2) is 0 Å². The van der Waals surface area contributed by atoms with Crippen molar-refractivity contribution in [2.45, 2.75) is 12.8 Å². The minimum atomic E-state index is 0.542. The van der Waals surface area contributed by atoms with E-state index < -0.39 is 0 Å². The number of hydrogen-bond acceptors (Lipinski definition) is 2. The van der Waals surface area contributed by atoms with E-state index in [1.807, 2.05) is 0 Å². The highest BCUT2D eigenvalue weighted by Crippen LogP contribution is 2.07. The first kappa shape index (κ1) is 5.22. The normalized spacial score (nSPS) is 16.2. The number of allylic oxidation sites excluding steroid dienone is 1. The number of carbonyl (C=O) groups is 1. The third-order valence-corrected chi connectivity index (χ3v) is 1.06. The highest BCUT2D eigenvalue weighted by Gasteiger charge is 1.96. The summed E-state index contributed by atoms with van der Waals surface area (Å²) in [6.07, 6.45) is 5.85. The monoisotopic (exact) mass is 109 g/mol. The van der Waals surface area contributed by atoms with Gasteiger partial charge in [0, 0.05) is 25.3 Å². The summed E-state index contributed by atoms with van der Waals surface area (Å²) in [5.74, 6) is 0. The Kier molecular flexibility index (Phi) is 1.57. The molecule has 0 N–H and O–H groups in total. The first-order valence-electron chi connectivity index (χ1n) is 2.56. The number of aldehydes is 1. The van der Waals surface area contributed by atoms with Crippen LogP contribution >= 0.6 is 0 Å². The Labute approximate surface area is 47.9 Å². The molecule has 0 fully saturated rings. The molecule has 0 spiro atoms. The number of rotatable bonds is 2. The molecule has 0 amide bonds. The van der Waals surface area contributed by atoms with Crippen LogP contribution in [0.3, 0.4) is 0 Å². The zero-order valence-corrected chi connectivity index (χ0v) is 4.50. The van der Waals surface area contributed by atoms with Crippen LogP contribution in [0.5, 0.6) is 0 Å². The zero-order chi connectivity index (χ0) is 5.82. The van der Waals surface area contributed by atoms with Gasteiger partial charge in [0.1, 0.15) is 6.29 Å². The van der Waals surface area contributed by atoms with Gasteiger partial charge in [0.15, 0.2) is 0 Å². The Hall–Kier alpha value is -0.920. The van der Waals surface area contributed by atoms with Crippen LogP contribution in [0.2, 0.25) is 0 Å². The summed E-state index contributed by atoms with van der Waals surface area (Å²) < 4.78 is 0. The van der Waals surface area contributed by atoms with Crippen molar-refractivity contribution in [1.82, 2.24) is 0 Å². The van der Waals surface area contributed by atoms with Crippen molar-refractivity contribution in [2.75, 3.05) is 0 Å². The highest BCUT2D eigenvalue weighted by atomic mass is 16.1. The molecule has 0 saturated carbocycles. The van der Waals surface area contributed by atoms with Crippen LogP contribution in [0.25, 0.3) is 0 Å². The molecule has 8 heavy (non-hydrogen) atoms. The maximum absolute atomic E-state index is 9.86. The molecule has 1 heterocycles. The van der Waals surface area contributed by atoms with Crippen LogP contribution in [0.4, 0.5) is 0 Å². The summed E-state index contributed by atoms with van der Waals surface area (Å²) in [7, 11) is 0. The van der Waals surface area contributed by atoms with E-state index in [1.54, 1.807) is 12.4 Å². The van der Waals surface area contributed by atoms with Gasteiger partial charge < -0.3 is 4.79 Å². The predicted octanol–water partition coefficient (Wildman–Crippen LogP) is 0.934. The summed E-state index contributed by atoms with van der Waals surface area (Å²) in [5, 5.41) is 0. The van der Waals surface area contributed by atoms with Gasteiger partial charge >= 0.3 is 0 Å². The van der Waals surface area contributed by atoms with E-state index in [9.17, 15) is 4.79 Å². The number of nitrogens with zero attached hydrogens (tertiary/aromatic N) is 1. The Balaban J connectivity index is 2.39. The SMILES string of the molecule is O=CCC1=CN=CC1. The van der Waals surface area contributed by atoms with E-state index in [1.165, 1.54) is 0 Å². The standard InChI is InChI=1S/C6H7NO/c8-4-2-6-1-3-7-5-6/h3-5H,1-2H2. The lowest BCUT2D eigenvalue weighted by Gasteiger charge is -1.85. The van der Waals surface area contributed by atoms with Crippen molar-refractivity contribution >= 4 is 12.5 Å². The van der Waals surface area contributed by atoms with Crippen LogP contribution in [-0.4, -0.2) is 12.5 Å². The highest BCUT2D eigenvalue weighted by molar-refractivity contribution is 5.68. The lowest BCUT2D eigenvalue weighted by Crippen LogP contribution is -1.79. The average molecular weight is 109 g/mol. The van der Waals surface area contributed by atoms with Gasteiger partial charge in [-0.3, -0.25) is 4.99 Å². The number of hydrogen-bond donors (Lipinski definition) is 0. The van der Waals surface area contributed by atoms with Gasteiger partial charge in [-0.2, -0.15) is 0 Å². The molecule has 0 saturated heterocycles. The molecule has 0 aromatic rings. The summed E-state index contributed by atoms with van der Waals surface area (Å²) in [5.41, 5.74) is 1.11. The van der Waals surface area contributed by atoms with Crippen molar-refractivity contribution in [3.63, 3.8) is 0 Å². The van der Waals surface area contributed by atoms with E-state index in [-0.39, 0.29) is 0 Å². The van der Waals surface area contributed by atoms with Gasteiger partial charge in [-0.15, -0.1) is 0 Å². The van der Waals surface area contributed by atoms with Gasteiger partial charge in [-0.05, 0) is 5.57 Å². The minimum absolute atomic E-state index is 0.542. The van der Waals surface area contributed by atoms with Crippen molar-refractivity contribution < 1.29 is 4.79 Å². The molecule has 0 aromatic carbocycles. The molecule has 0 aliphatic carbocycles. The third-order valence-electron chi connectivity index (χ3n) is 1.06. The molecule has 42 valence electrons. The second-order valence-corrected chi connectivity index (χ2v) is 1.69. The van der Waals surface area contributed by atoms with Crippen molar-refractivity contribution in [1.29, 1.82) is 0 Å². The molecule has 2 nitrogen and oxygen atoms in total. The molecule has 1 aliphatic rings. The fourth-order valence-electron chi connectivity index (χ4n) is 0.624. The van der Waals surface area contributed by atoms with E-state index in [0.717, 1.165) is 18.3 Å². The smallest absolute Gasteiger partial charge is 0.124 e. The first-order chi connectivity index (χ1) is 3.93. The molecule has 1 rings (SSSR count). The molecule has 0 aromatic heterocycles. The molecule has 1 aliphatic heterocycles. The third kappa shape index (κ3) is 1.03. The largest absolute Gasteiger partial charge is 0.303 e. The van der Waals surface area contributed by atoms with Crippen molar-refractivity contribution in [3.8, 4) is 0 Å². The zero-order valence-electron chi connectivity index (χ0n) is 4.50. The Morgan fingerprint density at radius 2 is 2.75 bits per heavy atom. The molecule has 0 radical (unpaired) electrons. The quantitative estimate of drug-likeness (QED) is 0.485. The predicted molar refractivity (Wildman–Crippen MR) is 31.9 cm³/mol. The maximum Gasteiger partial charge on any atom is 0.124 e. The fourth-order valence-corrected chi connectivity index (χ4v) is 0.624. The van der Waals surface area contributed by atoms with Crippen LogP contribution in [-0.2, 0) is 4.79 Å². The summed E-state index contributed by atoms with van der Waals surface area (Å²) in [4.78, 5) is 13.7. The van der Waals surface area contributed by atoms with Crippen LogP contribution in [0, 0.1) is 0 Å².